The second-order valence-corrected chi connectivity index (χ2v) is 4.29. The number of hydrogen-bond donors (Lipinski definition) is 1. The number of hydrogen-bond acceptors (Lipinski definition) is 4. The van der Waals surface area contributed by atoms with Gasteiger partial charge < -0.3 is 14.9 Å². The van der Waals surface area contributed by atoms with E-state index in [1.165, 1.54) is 0 Å². The molecule has 1 unspecified atom stereocenters. The van der Waals surface area contributed by atoms with Crippen LogP contribution >= 0.6 is 11.6 Å². The summed E-state index contributed by atoms with van der Waals surface area (Å²) in [6.07, 6.45) is 4.31. The maximum atomic E-state index is 6.08. The Hall–Kier alpha value is -1.52. The molecule has 4 nitrogen and oxygen atoms in total. The molecule has 0 saturated heterocycles. The normalized spacial score (nSPS) is 12.4. The van der Waals surface area contributed by atoms with Crippen molar-refractivity contribution in [2.75, 3.05) is 6.61 Å². The van der Waals surface area contributed by atoms with Gasteiger partial charge in [0.15, 0.2) is 5.22 Å². The van der Waals surface area contributed by atoms with Crippen LogP contribution in [0.3, 0.4) is 0 Å². The molecule has 1 atom stereocenters. The third-order valence-corrected chi connectivity index (χ3v) is 2.67. The monoisotopic (exact) mass is 266 g/mol. The van der Waals surface area contributed by atoms with Crippen molar-refractivity contribution in [3.8, 4) is 5.75 Å². The molecule has 0 fully saturated rings. The summed E-state index contributed by atoms with van der Waals surface area (Å²) < 4.78 is 10.8. The maximum absolute atomic E-state index is 6.08. The molecule has 0 saturated carbocycles. The summed E-state index contributed by atoms with van der Waals surface area (Å²) in [7, 11) is 0. The fraction of sp³-hybridized carbons (Fsp3) is 0.308. The van der Waals surface area contributed by atoms with Gasteiger partial charge in [-0.05, 0) is 41.8 Å². The Bertz CT molecular complexity index is 513. The molecular weight excluding hydrogens is 252 g/mol. The standard InChI is InChI=1S/C13H15ClN2O2/c1-2-5-17-10-6-9(7-16-8-10)13(15)11-3-4-12(14)18-11/h3-4,6-8,13H,2,5,15H2,1H3. The molecule has 0 aromatic carbocycles. The summed E-state index contributed by atoms with van der Waals surface area (Å²) in [5.74, 6) is 1.32. The Labute approximate surface area is 111 Å². The van der Waals surface area contributed by atoms with Crippen molar-refractivity contribution in [1.29, 1.82) is 0 Å². The average molecular weight is 267 g/mol. The van der Waals surface area contributed by atoms with Gasteiger partial charge in [-0.3, -0.25) is 4.98 Å². The molecule has 0 amide bonds. The predicted molar refractivity (Wildman–Crippen MR) is 69.8 cm³/mol. The summed E-state index contributed by atoms with van der Waals surface area (Å²) in [5.41, 5.74) is 6.91. The zero-order valence-electron chi connectivity index (χ0n) is 10.1. The van der Waals surface area contributed by atoms with Crippen LogP contribution in [-0.4, -0.2) is 11.6 Å². The lowest BCUT2D eigenvalue weighted by Crippen LogP contribution is -2.11. The van der Waals surface area contributed by atoms with Crippen molar-refractivity contribution in [2.24, 2.45) is 5.73 Å². The molecule has 0 bridgehead atoms. The van der Waals surface area contributed by atoms with Crippen LogP contribution in [0.15, 0.2) is 35.0 Å². The fourth-order valence-corrected chi connectivity index (χ4v) is 1.72. The number of halogens is 1. The number of ether oxygens (including phenoxy) is 1. The first-order chi connectivity index (χ1) is 8.70. The second kappa shape index (κ2) is 5.89. The van der Waals surface area contributed by atoms with Gasteiger partial charge in [0, 0.05) is 6.20 Å². The molecule has 2 aromatic heterocycles. The largest absolute Gasteiger partial charge is 0.492 e. The number of furan rings is 1. The number of aromatic nitrogens is 1. The van der Waals surface area contributed by atoms with Gasteiger partial charge >= 0.3 is 0 Å². The highest BCUT2D eigenvalue weighted by Crippen LogP contribution is 2.25. The van der Waals surface area contributed by atoms with E-state index in [2.05, 4.69) is 4.98 Å². The zero-order valence-corrected chi connectivity index (χ0v) is 10.9. The lowest BCUT2D eigenvalue weighted by atomic mass is 10.1. The van der Waals surface area contributed by atoms with E-state index in [-0.39, 0.29) is 0 Å². The summed E-state index contributed by atoms with van der Waals surface area (Å²) in [4.78, 5) is 4.11. The van der Waals surface area contributed by atoms with Crippen LogP contribution in [0.5, 0.6) is 5.75 Å². The first-order valence-electron chi connectivity index (χ1n) is 5.79. The SMILES string of the molecule is CCCOc1cncc(C(N)c2ccc(Cl)o2)c1. The Kier molecular flexibility index (Phi) is 4.23. The molecule has 0 radical (unpaired) electrons. The van der Waals surface area contributed by atoms with Crippen LogP contribution in [-0.2, 0) is 0 Å². The Morgan fingerprint density at radius 1 is 1.44 bits per heavy atom. The Morgan fingerprint density at radius 2 is 2.28 bits per heavy atom. The van der Waals surface area contributed by atoms with E-state index in [1.807, 2.05) is 13.0 Å². The van der Waals surface area contributed by atoms with Gasteiger partial charge in [0.25, 0.3) is 0 Å². The Morgan fingerprint density at radius 3 is 2.94 bits per heavy atom. The van der Waals surface area contributed by atoms with Crippen LogP contribution < -0.4 is 10.5 Å². The van der Waals surface area contributed by atoms with Gasteiger partial charge in [-0.15, -0.1) is 0 Å². The molecule has 2 aromatic rings. The second-order valence-electron chi connectivity index (χ2n) is 3.92. The van der Waals surface area contributed by atoms with E-state index in [1.54, 1.807) is 24.5 Å². The molecular formula is C13H15ClN2O2. The van der Waals surface area contributed by atoms with Crippen molar-refractivity contribution in [3.05, 3.63) is 47.1 Å². The molecule has 96 valence electrons. The molecule has 0 spiro atoms. The smallest absolute Gasteiger partial charge is 0.193 e. The van der Waals surface area contributed by atoms with Crippen LogP contribution in [0.1, 0.15) is 30.7 Å². The number of rotatable bonds is 5. The van der Waals surface area contributed by atoms with Gasteiger partial charge in [-0.2, -0.15) is 0 Å². The molecule has 2 rings (SSSR count). The third kappa shape index (κ3) is 3.03. The topological polar surface area (TPSA) is 61.3 Å². The number of nitrogens with two attached hydrogens (primary N) is 1. The van der Waals surface area contributed by atoms with E-state index in [0.717, 1.165) is 12.0 Å². The van der Waals surface area contributed by atoms with E-state index in [4.69, 9.17) is 26.5 Å². The van der Waals surface area contributed by atoms with Gasteiger partial charge in [0.2, 0.25) is 0 Å². The molecule has 18 heavy (non-hydrogen) atoms. The predicted octanol–water partition coefficient (Wildman–Crippen LogP) is 3.16. The molecule has 2 N–H and O–H groups in total. The minimum absolute atomic E-state index is 0.326. The zero-order chi connectivity index (χ0) is 13.0. The quantitative estimate of drug-likeness (QED) is 0.903. The van der Waals surface area contributed by atoms with Gasteiger partial charge in [0.05, 0.1) is 18.8 Å². The van der Waals surface area contributed by atoms with E-state index >= 15 is 0 Å². The maximum Gasteiger partial charge on any atom is 0.193 e. The van der Waals surface area contributed by atoms with Crippen molar-refractivity contribution >= 4 is 11.6 Å². The van der Waals surface area contributed by atoms with Crippen molar-refractivity contribution in [3.63, 3.8) is 0 Å². The van der Waals surface area contributed by atoms with E-state index < -0.39 is 6.04 Å². The number of nitrogens with zero attached hydrogens (tertiary/aromatic N) is 1. The minimum Gasteiger partial charge on any atom is -0.492 e. The van der Waals surface area contributed by atoms with Crippen molar-refractivity contribution in [1.82, 2.24) is 4.98 Å². The first kappa shape index (κ1) is 12.9. The van der Waals surface area contributed by atoms with Crippen LogP contribution in [0.25, 0.3) is 0 Å². The number of pyridine rings is 1. The molecule has 0 aliphatic carbocycles. The summed E-state index contributed by atoms with van der Waals surface area (Å²) in [6, 6.07) is 4.90. The van der Waals surface area contributed by atoms with Gasteiger partial charge in [0.1, 0.15) is 11.5 Å². The summed E-state index contributed by atoms with van der Waals surface area (Å²) >= 11 is 5.73. The lowest BCUT2D eigenvalue weighted by Gasteiger charge is -2.10. The fourth-order valence-electron chi connectivity index (χ4n) is 1.56. The lowest BCUT2D eigenvalue weighted by molar-refractivity contribution is 0.315. The Balaban J connectivity index is 2.17. The molecule has 5 heteroatoms. The van der Waals surface area contributed by atoms with Crippen molar-refractivity contribution in [2.45, 2.75) is 19.4 Å². The highest BCUT2D eigenvalue weighted by atomic mass is 35.5. The van der Waals surface area contributed by atoms with Crippen LogP contribution in [0.4, 0.5) is 0 Å². The molecule has 0 aliphatic rings. The van der Waals surface area contributed by atoms with Gasteiger partial charge in [-0.25, -0.2) is 0 Å². The highest BCUT2D eigenvalue weighted by Gasteiger charge is 2.14. The van der Waals surface area contributed by atoms with E-state index in [0.29, 0.717) is 23.3 Å². The minimum atomic E-state index is -0.393. The van der Waals surface area contributed by atoms with E-state index in [9.17, 15) is 0 Å². The highest BCUT2D eigenvalue weighted by molar-refractivity contribution is 6.28. The van der Waals surface area contributed by atoms with Gasteiger partial charge in [-0.1, -0.05) is 6.92 Å². The first-order valence-corrected chi connectivity index (χ1v) is 6.17. The van der Waals surface area contributed by atoms with Crippen LogP contribution in [0, 0.1) is 0 Å². The van der Waals surface area contributed by atoms with Crippen molar-refractivity contribution < 1.29 is 9.15 Å². The molecule has 2 heterocycles. The average Bonchev–Trinajstić information content (AvgIpc) is 2.82. The summed E-state index contributed by atoms with van der Waals surface area (Å²) in [6.45, 7) is 2.71. The molecule has 0 aliphatic heterocycles. The summed E-state index contributed by atoms with van der Waals surface area (Å²) in [5, 5.41) is 0.326. The van der Waals surface area contributed by atoms with Crippen LogP contribution in [0.2, 0.25) is 5.22 Å². The third-order valence-electron chi connectivity index (χ3n) is 2.47.